The number of carbonyl (C=O) groups is 1. The van der Waals surface area contributed by atoms with Gasteiger partial charge in [0, 0.05) is 58.0 Å². The van der Waals surface area contributed by atoms with Crippen molar-refractivity contribution >= 4 is 40.0 Å². The number of ether oxygens (including phenoxy) is 1. The SMILES string of the molecule is CCOC(=O)c1sc(Nc2nc(N3CCN(C(C)C)CC3)cc(N3CCCC(CO)C3)n2)nc1C. The third kappa shape index (κ3) is 6.20. The number of thiazole rings is 1. The Morgan fingerprint density at radius 3 is 2.54 bits per heavy atom. The van der Waals surface area contributed by atoms with Gasteiger partial charge >= 0.3 is 5.97 Å². The zero-order valence-corrected chi connectivity index (χ0v) is 22.0. The maximum absolute atomic E-state index is 12.2. The van der Waals surface area contributed by atoms with Crippen molar-refractivity contribution in [1.82, 2.24) is 19.9 Å². The number of piperazine rings is 1. The van der Waals surface area contributed by atoms with Gasteiger partial charge in [0.25, 0.3) is 0 Å². The topological polar surface area (TPSA) is 107 Å². The molecule has 0 spiro atoms. The highest BCUT2D eigenvalue weighted by Gasteiger charge is 2.25. The molecule has 0 aromatic carbocycles. The molecule has 2 aliphatic heterocycles. The Hall–Kier alpha value is -2.50. The molecule has 2 aromatic heterocycles. The number of nitrogens with one attached hydrogen (secondary N) is 1. The minimum absolute atomic E-state index is 0.186. The van der Waals surface area contributed by atoms with Crippen LogP contribution in [-0.2, 0) is 4.74 Å². The molecule has 1 atom stereocenters. The molecule has 2 saturated heterocycles. The first-order chi connectivity index (χ1) is 16.9. The fourth-order valence-corrected chi connectivity index (χ4v) is 5.48. The quantitative estimate of drug-likeness (QED) is 0.522. The summed E-state index contributed by atoms with van der Waals surface area (Å²) in [5.41, 5.74) is 0.624. The first-order valence-electron chi connectivity index (χ1n) is 12.5. The van der Waals surface area contributed by atoms with Crippen molar-refractivity contribution in [1.29, 1.82) is 0 Å². The second kappa shape index (κ2) is 11.5. The molecular formula is C24H37N7O3S. The highest BCUT2D eigenvalue weighted by atomic mass is 32.1. The van der Waals surface area contributed by atoms with Crippen LogP contribution in [0.25, 0.3) is 0 Å². The first-order valence-corrected chi connectivity index (χ1v) is 13.3. The molecule has 11 heteroatoms. The summed E-state index contributed by atoms with van der Waals surface area (Å²) in [6, 6.07) is 2.59. The lowest BCUT2D eigenvalue weighted by molar-refractivity contribution is 0.0531. The summed E-state index contributed by atoms with van der Waals surface area (Å²) in [4.78, 5) is 33.9. The molecule has 0 saturated carbocycles. The first kappa shape index (κ1) is 25.6. The molecule has 2 aliphatic rings. The van der Waals surface area contributed by atoms with Crippen LogP contribution in [0.1, 0.15) is 49.0 Å². The van der Waals surface area contributed by atoms with Crippen LogP contribution in [-0.4, -0.2) is 89.5 Å². The molecule has 0 aliphatic carbocycles. The summed E-state index contributed by atoms with van der Waals surface area (Å²) >= 11 is 1.25. The number of anilines is 4. The van der Waals surface area contributed by atoms with Gasteiger partial charge in [-0.3, -0.25) is 10.2 Å². The zero-order valence-electron chi connectivity index (χ0n) is 21.2. The number of esters is 1. The van der Waals surface area contributed by atoms with Crippen LogP contribution in [0.4, 0.5) is 22.7 Å². The Bertz CT molecular complexity index is 1010. The third-order valence-electron chi connectivity index (χ3n) is 6.64. The number of carbonyl (C=O) groups excluding carboxylic acids is 1. The van der Waals surface area contributed by atoms with E-state index in [1.165, 1.54) is 11.3 Å². The molecule has 10 nitrogen and oxygen atoms in total. The van der Waals surface area contributed by atoms with E-state index in [-0.39, 0.29) is 18.5 Å². The number of aliphatic hydroxyl groups excluding tert-OH is 1. The number of aryl methyl sites for hydroxylation is 1. The summed E-state index contributed by atoms with van der Waals surface area (Å²) < 4.78 is 5.15. The molecule has 0 amide bonds. The van der Waals surface area contributed by atoms with Gasteiger partial charge in [0.2, 0.25) is 5.95 Å². The number of piperidine rings is 1. The molecular weight excluding hydrogens is 466 g/mol. The van der Waals surface area contributed by atoms with Crippen LogP contribution < -0.4 is 15.1 Å². The van der Waals surface area contributed by atoms with Crippen LogP contribution in [0.5, 0.6) is 0 Å². The minimum atomic E-state index is -0.364. The summed E-state index contributed by atoms with van der Waals surface area (Å²) in [5.74, 6) is 2.07. The van der Waals surface area contributed by atoms with Gasteiger partial charge in [-0.15, -0.1) is 0 Å². The van der Waals surface area contributed by atoms with E-state index in [0.29, 0.717) is 34.3 Å². The predicted molar refractivity (Wildman–Crippen MR) is 139 cm³/mol. The fourth-order valence-electron chi connectivity index (χ4n) is 4.62. The average Bonchev–Trinajstić information content (AvgIpc) is 3.23. The fraction of sp³-hybridized carbons (Fsp3) is 0.667. The lowest BCUT2D eigenvalue weighted by atomic mass is 9.99. The van der Waals surface area contributed by atoms with E-state index < -0.39 is 0 Å². The second-order valence-corrected chi connectivity index (χ2v) is 10.4. The lowest BCUT2D eigenvalue weighted by Gasteiger charge is -2.38. The standard InChI is InChI=1S/C24H37N7O3S/c1-5-34-22(33)21-17(4)25-24(35-21)28-23-26-19(30-11-9-29(10-12-30)16(2)3)13-20(27-23)31-8-6-7-18(14-31)15-32/h13,16,18,32H,5-12,14-15H2,1-4H3,(H,25,26,27,28). The number of rotatable bonds is 8. The van der Waals surface area contributed by atoms with Gasteiger partial charge in [-0.05, 0) is 46.5 Å². The van der Waals surface area contributed by atoms with Gasteiger partial charge in [0.15, 0.2) is 5.13 Å². The molecule has 4 heterocycles. The molecule has 4 rings (SSSR count). The molecule has 0 bridgehead atoms. The van der Waals surface area contributed by atoms with Gasteiger partial charge in [-0.25, -0.2) is 9.78 Å². The van der Waals surface area contributed by atoms with Gasteiger partial charge in [-0.2, -0.15) is 9.97 Å². The van der Waals surface area contributed by atoms with Gasteiger partial charge < -0.3 is 19.6 Å². The Kier molecular flexibility index (Phi) is 8.40. The Labute approximate surface area is 211 Å². The van der Waals surface area contributed by atoms with Crippen LogP contribution >= 0.6 is 11.3 Å². The summed E-state index contributed by atoms with van der Waals surface area (Å²) in [5, 5.41) is 13.5. The number of nitrogens with zero attached hydrogens (tertiary/aromatic N) is 6. The Morgan fingerprint density at radius 1 is 1.17 bits per heavy atom. The minimum Gasteiger partial charge on any atom is -0.462 e. The smallest absolute Gasteiger partial charge is 0.350 e. The molecule has 35 heavy (non-hydrogen) atoms. The Morgan fingerprint density at radius 2 is 1.89 bits per heavy atom. The van der Waals surface area contributed by atoms with Crippen LogP contribution in [0.2, 0.25) is 0 Å². The molecule has 2 fully saturated rings. The van der Waals surface area contributed by atoms with Crippen molar-refractivity contribution < 1.29 is 14.6 Å². The van der Waals surface area contributed by atoms with Crippen LogP contribution in [0.3, 0.4) is 0 Å². The van der Waals surface area contributed by atoms with Gasteiger partial charge in [0.1, 0.15) is 16.5 Å². The van der Waals surface area contributed by atoms with Crippen molar-refractivity contribution in [3.05, 3.63) is 16.6 Å². The van der Waals surface area contributed by atoms with E-state index in [4.69, 9.17) is 14.7 Å². The predicted octanol–water partition coefficient (Wildman–Crippen LogP) is 2.90. The van der Waals surface area contributed by atoms with Gasteiger partial charge in [-0.1, -0.05) is 11.3 Å². The number of hydrogen-bond acceptors (Lipinski definition) is 11. The maximum atomic E-state index is 12.2. The Balaban J connectivity index is 1.60. The highest BCUT2D eigenvalue weighted by molar-refractivity contribution is 7.17. The number of aromatic nitrogens is 3. The second-order valence-electron chi connectivity index (χ2n) is 9.44. The van der Waals surface area contributed by atoms with E-state index in [1.807, 2.05) is 0 Å². The summed E-state index contributed by atoms with van der Waals surface area (Å²) in [6.07, 6.45) is 2.05. The van der Waals surface area contributed by atoms with E-state index in [0.717, 1.165) is 63.7 Å². The largest absolute Gasteiger partial charge is 0.462 e. The molecule has 2 N–H and O–H groups in total. The van der Waals surface area contributed by atoms with E-state index >= 15 is 0 Å². The highest BCUT2D eigenvalue weighted by Crippen LogP contribution is 2.30. The normalized spacial score (nSPS) is 19.3. The van der Waals surface area contributed by atoms with Crippen molar-refractivity contribution in [3.8, 4) is 0 Å². The van der Waals surface area contributed by atoms with Crippen molar-refractivity contribution in [2.75, 3.05) is 67.6 Å². The summed E-state index contributed by atoms with van der Waals surface area (Å²) in [6.45, 7) is 14.0. The summed E-state index contributed by atoms with van der Waals surface area (Å²) in [7, 11) is 0. The lowest BCUT2D eigenvalue weighted by Crippen LogP contribution is -2.49. The third-order valence-corrected chi connectivity index (χ3v) is 7.70. The van der Waals surface area contributed by atoms with Gasteiger partial charge in [0.05, 0.1) is 12.3 Å². The van der Waals surface area contributed by atoms with Crippen LogP contribution in [0.15, 0.2) is 6.07 Å². The van der Waals surface area contributed by atoms with E-state index in [2.05, 4.69) is 44.9 Å². The molecule has 2 aromatic rings. The van der Waals surface area contributed by atoms with E-state index in [1.54, 1.807) is 13.8 Å². The number of aliphatic hydroxyl groups is 1. The average molecular weight is 504 g/mol. The van der Waals surface area contributed by atoms with Crippen molar-refractivity contribution in [2.24, 2.45) is 5.92 Å². The van der Waals surface area contributed by atoms with Crippen molar-refractivity contribution in [3.63, 3.8) is 0 Å². The zero-order chi connectivity index (χ0) is 24.9. The van der Waals surface area contributed by atoms with Crippen LogP contribution in [0, 0.1) is 12.8 Å². The maximum Gasteiger partial charge on any atom is 0.350 e. The van der Waals surface area contributed by atoms with Crippen molar-refractivity contribution in [2.45, 2.75) is 46.6 Å². The molecule has 0 radical (unpaired) electrons. The number of hydrogen-bond donors (Lipinski definition) is 2. The van der Waals surface area contributed by atoms with E-state index in [9.17, 15) is 9.90 Å². The monoisotopic (exact) mass is 503 g/mol. The molecule has 1 unspecified atom stereocenters. The molecule has 192 valence electrons.